The average molecular weight is 235 g/mol. The zero-order chi connectivity index (χ0) is 11.7. The molecule has 0 spiro atoms. The Morgan fingerprint density at radius 3 is 2.69 bits per heavy atom. The van der Waals surface area contributed by atoms with Gasteiger partial charge in [-0.05, 0) is 39.1 Å². The SMILES string of the molecule is Cc1cc(/C=N/n2c(C)n[nH]c2=S)c(C)[nH]1. The second kappa shape index (κ2) is 4.05. The third-order valence-electron chi connectivity index (χ3n) is 2.31. The van der Waals surface area contributed by atoms with Crippen molar-refractivity contribution in [2.45, 2.75) is 20.8 Å². The van der Waals surface area contributed by atoms with Crippen molar-refractivity contribution in [1.29, 1.82) is 0 Å². The van der Waals surface area contributed by atoms with Crippen LogP contribution in [0.2, 0.25) is 0 Å². The lowest BCUT2D eigenvalue weighted by atomic mass is 10.3. The quantitative estimate of drug-likeness (QED) is 0.618. The van der Waals surface area contributed by atoms with E-state index < -0.39 is 0 Å². The molecule has 84 valence electrons. The molecule has 0 aromatic carbocycles. The minimum Gasteiger partial charge on any atom is -0.362 e. The standard InChI is InChI=1S/C10H13N5S/c1-6-4-9(7(2)12-6)5-11-15-8(3)13-14-10(15)16/h4-5,12H,1-3H3,(H,14,16)/b11-5+. The number of aromatic amines is 2. The summed E-state index contributed by atoms with van der Waals surface area (Å²) in [6.07, 6.45) is 1.77. The predicted octanol–water partition coefficient (Wildman–Crippen LogP) is 2.08. The van der Waals surface area contributed by atoms with E-state index in [4.69, 9.17) is 12.2 Å². The largest absolute Gasteiger partial charge is 0.362 e. The monoisotopic (exact) mass is 235 g/mol. The van der Waals surface area contributed by atoms with E-state index in [2.05, 4.69) is 20.3 Å². The van der Waals surface area contributed by atoms with Crippen molar-refractivity contribution in [2.24, 2.45) is 5.10 Å². The van der Waals surface area contributed by atoms with Crippen molar-refractivity contribution in [3.8, 4) is 0 Å². The summed E-state index contributed by atoms with van der Waals surface area (Å²) in [5.41, 5.74) is 3.26. The van der Waals surface area contributed by atoms with Crippen LogP contribution in [0.4, 0.5) is 0 Å². The van der Waals surface area contributed by atoms with Gasteiger partial charge in [-0.15, -0.1) is 0 Å². The average Bonchev–Trinajstić information content (AvgIpc) is 2.69. The summed E-state index contributed by atoms with van der Waals surface area (Å²) in [7, 11) is 0. The second-order valence-electron chi connectivity index (χ2n) is 3.67. The maximum atomic E-state index is 5.05. The van der Waals surface area contributed by atoms with Crippen molar-refractivity contribution >= 4 is 18.4 Å². The highest BCUT2D eigenvalue weighted by Crippen LogP contribution is 2.06. The van der Waals surface area contributed by atoms with Gasteiger partial charge in [0.25, 0.3) is 0 Å². The van der Waals surface area contributed by atoms with Crippen molar-refractivity contribution in [1.82, 2.24) is 19.9 Å². The molecule has 0 unspecified atom stereocenters. The van der Waals surface area contributed by atoms with E-state index in [1.807, 2.05) is 26.8 Å². The Bertz CT molecular complexity index is 587. The molecule has 6 heteroatoms. The van der Waals surface area contributed by atoms with Gasteiger partial charge in [0.1, 0.15) is 5.82 Å². The molecule has 0 radical (unpaired) electrons. The van der Waals surface area contributed by atoms with E-state index in [0.29, 0.717) is 4.77 Å². The first kappa shape index (κ1) is 10.8. The predicted molar refractivity (Wildman–Crippen MR) is 65.4 cm³/mol. The Morgan fingerprint density at radius 1 is 1.44 bits per heavy atom. The highest BCUT2D eigenvalue weighted by Gasteiger charge is 2.00. The number of nitrogens with zero attached hydrogens (tertiary/aromatic N) is 3. The van der Waals surface area contributed by atoms with Gasteiger partial charge in [-0.1, -0.05) is 0 Å². The van der Waals surface area contributed by atoms with Gasteiger partial charge in [0, 0.05) is 17.0 Å². The molecule has 2 rings (SSSR count). The molecular weight excluding hydrogens is 222 g/mol. The first-order chi connectivity index (χ1) is 7.58. The van der Waals surface area contributed by atoms with Crippen LogP contribution < -0.4 is 0 Å². The number of nitrogens with one attached hydrogen (secondary N) is 2. The van der Waals surface area contributed by atoms with Gasteiger partial charge in [0.2, 0.25) is 4.77 Å². The molecule has 0 bridgehead atoms. The number of aromatic nitrogens is 4. The van der Waals surface area contributed by atoms with E-state index in [-0.39, 0.29) is 0 Å². The number of rotatable bonds is 2. The summed E-state index contributed by atoms with van der Waals surface area (Å²) in [4.78, 5) is 3.22. The zero-order valence-electron chi connectivity index (χ0n) is 9.40. The van der Waals surface area contributed by atoms with Crippen LogP contribution in [0.1, 0.15) is 22.8 Å². The summed E-state index contributed by atoms with van der Waals surface area (Å²) in [5.74, 6) is 0.742. The Kier molecular flexibility index (Phi) is 2.74. The minimum absolute atomic E-state index is 0.499. The molecule has 0 fully saturated rings. The fourth-order valence-electron chi connectivity index (χ4n) is 1.51. The molecule has 0 saturated heterocycles. The number of H-pyrrole nitrogens is 2. The fourth-order valence-corrected chi connectivity index (χ4v) is 1.73. The van der Waals surface area contributed by atoms with Crippen molar-refractivity contribution in [3.05, 3.63) is 33.6 Å². The van der Waals surface area contributed by atoms with Crippen molar-refractivity contribution < 1.29 is 0 Å². The summed E-state index contributed by atoms with van der Waals surface area (Å²) in [6, 6.07) is 2.04. The molecule has 2 aromatic rings. The summed E-state index contributed by atoms with van der Waals surface area (Å²) in [6.45, 7) is 5.87. The fraction of sp³-hybridized carbons (Fsp3) is 0.300. The Balaban J connectivity index is 2.35. The Morgan fingerprint density at radius 2 is 2.19 bits per heavy atom. The van der Waals surface area contributed by atoms with Crippen LogP contribution in [0.15, 0.2) is 11.2 Å². The lowest BCUT2D eigenvalue weighted by Gasteiger charge is -1.93. The maximum absolute atomic E-state index is 5.05. The van der Waals surface area contributed by atoms with Crippen molar-refractivity contribution in [3.63, 3.8) is 0 Å². The van der Waals surface area contributed by atoms with Crippen molar-refractivity contribution in [2.75, 3.05) is 0 Å². The second-order valence-corrected chi connectivity index (χ2v) is 4.05. The molecule has 0 saturated carbocycles. The van der Waals surface area contributed by atoms with E-state index in [0.717, 1.165) is 22.8 Å². The van der Waals surface area contributed by atoms with E-state index in [9.17, 15) is 0 Å². The zero-order valence-corrected chi connectivity index (χ0v) is 10.2. The van der Waals surface area contributed by atoms with Crippen LogP contribution >= 0.6 is 12.2 Å². The van der Waals surface area contributed by atoms with Crippen LogP contribution in [0.3, 0.4) is 0 Å². The van der Waals surface area contributed by atoms with Gasteiger partial charge >= 0.3 is 0 Å². The molecule has 0 amide bonds. The molecule has 5 nitrogen and oxygen atoms in total. The van der Waals surface area contributed by atoms with Crippen LogP contribution in [-0.2, 0) is 0 Å². The third-order valence-corrected chi connectivity index (χ3v) is 2.58. The molecular formula is C10H13N5S. The van der Waals surface area contributed by atoms with Gasteiger partial charge in [0.15, 0.2) is 0 Å². The number of aryl methyl sites for hydroxylation is 3. The molecule has 0 aliphatic rings. The number of hydrogen-bond acceptors (Lipinski definition) is 3. The number of hydrogen-bond donors (Lipinski definition) is 2. The molecule has 0 aliphatic heterocycles. The molecule has 0 aliphatic carbocycles. The van der Waals surface area contributed by atoms with E-state index >= 15 is 0 Å². The van der Waals surface area contributed by atoms with E-state index in [1.165, 1.54) is 0 Å². The van der Waals surface area contributed by atoms with Crippen LogP contribution in [0.25, 0.3) is 0 Å². The summed E-state index contributed by atoms with van der Waals surface area (Å²) >= 11 is 5.05. The topological polar surface area (TPSA) is 61.8 Å². The summed E-state index contributed by atoms with van der Waals surface area (Å²) in [5, 5.41) is 11.0. The third kappa shape index (κ3) is 1.96. The lowest BCUT2D eigenvalue weighted by Crippen LogP contribution is -1.93. The van der Waals surface area contributed by atoms with E-state index in [1.54, 1.807) is 10.9 Å². The summed E-state index contributed by atoms with van der Waals surface area (Å²) < 4.78 is 2.09. The molecule has 2 heterocycles. The first-order valence-electron chi connectivity index (χ1n) is 4.92. The van der Waals surface area contributed by atoms with Gasteiger partial charge in [0.05, 0.1) is 6.21 Å². The Hall–Kier alpha value is -1.69. The molecule has 2 aromatic heterocycles. The highest BCUT2D eigenvalue weighted by molar-refractivity contribution is 7.71. The highest BCUT2D eigenvalue weighted by atomic mass is 32.1. The van der Waals surface area contributed by atoms with Gasteiger partial charge in [-0.25, -0.2) is 0 Å². The molecule has 0 atom stereocenters. The normalized spacial score (nSPS) is 11.4. The van der Waals surface area contributed by atoms with Crippen LogP contribution in [-0.4, -0.2) is 26.1 Å². The maximum Gasteiger partial charge on any atom is 0.216 e. The smallest absolute Gasteiger partial charge is 0.216 e. The van der Waals surface area contributed by atoms with Crippen LogP contribution in [0, 0.1) is 25.5 Å². The van der Waals surface area contributed by atoms with Gasteiger partial charge < -0.3 is 4.98 Å². The van der Waals surface area contributed by atoms with Crippen LogP contribution in [0.5, 0.6) is 0 Å². The minimum atomic E-state index is 0.499. The Labute approximate surface area is 98.2 Å². The molecule has 16 heavy (non-hydrogen) atoms. The van der Waals surface area contributed by atoms with Gasteiger partial charge in [-0.3, -0.25) is 5.10 Å². The lowest BCUT2D eigenvalue weighted by molar-refractivity contribution is 0.820. The van der Waals surface area contributed by atoms with Gasteiger partial charge in [-0.2, -0.15) is 14.9 Å². The first-order valence-corrected chi connectivity index (χ1v) is 5.33. The molecule has 2 N–H and O–H groups in total.